The summed E-state index contributed by atoms with van der Waals surface area (Å²) in [7, 11) is 1.58. The number of carbonyl (C=O) groups is 1. The van der Waals surface area contributed by atoms with Gasteiger partial charge in [0, 0.05) is 13.2 Å². The number of methoxy groups -OCH3 is 1. The van der Waals surface area contributed by atoms with Crippen LogP contribution in [0.25, 0.3) is 0 Å². The van der Waals surface area contributed by atoms with Crippen LogP contribution in [-0.2, 0) is 18.0 Å². The standard InChI is InChI=1S/C12H12N2O4/c1-16-8-12-4-10(14-18-12)7-17-11-3-2-9(6-15)13-5-11/h2-6H,7-8H2,1H3. The van der Waals surface area contributed by atoms with Crippen LogP contribution in [0.4, 0.5) is 0 Å². The topological polar surface area (TPSA) is 74.5 Å². The van der Waals surface area contributed by atoms with E-state index < -0.39 is 0 Å². The minimum atomic E-state index is 0.273. The number of ether oxygens (including phenoxy) is 2. The fourth-order valence-electron chi connectivity index (χ4n) is 1.34. The van der Waals surface area contributed by atoms with E-state index in [1.54, 1.807) is 25.3 Å². The zero-order valence-electron chi connectivity index (χ0n) is 9.83. The maximum atomic E-state index is 10.4. The van der Waals surface area contributed by atoms with Crippen molar-refractivity contribution in [2.75, 3.05) is 7.11 Å². The maximum absolute atomic E-state index is 10.4. The molecular weight excluding hydrogens is 236 g/mol. The second-order valence-corrected chi connectivity index (χ2v) is 3.54. The third kappa shape index (κ3) is 3.14. The van der Waals surface area contributed by atoms with Gasteiger partial charge in [0.15, 0.2) is 12.0 Å². The molecule has 2 aromatic rings. The molecule has 2 rings (SSSR count). The summed E-state index contributed by atoms with van der Waals surface area (Å²) in [6, 6.07) is 5.02. The molecule has 0 saturated carbocycles. The average molecular weight is 248 g/mol. The van der Waals surface area contributed by atoms with Crippen LogP contribution in [0, 0.1) is 0 Å². The van der Waals surface area contributed by atoms with Crippen LogP contribution >= 0.6 is 0 Å². The van der Waals surface area contributed by atoms with Gasteiger partial charge in [-0.15, -0.1) is 0 Å². The van der Waals surface area contributed by atoms with Gasteiger partial charge in [-0.05, 0) is 12.1 Å². The Bertz CT molecular complexity index is 507. The maximum Gasteiger partial charge on any atom is 0.168 e. The van der Waals surface area contributed by atoms with Crippen molar-refractivity contribution in [3.05, 3.63) is 41.5 Å². The quantitative estimate of drug-likeness (QED) is 0.723. The van der Waals surface area contributed by atoms with E-state index in [0.717, 1.165) is 0 Å². The van der Waals surface area contributed by atoms with E-state index in [9.17, 15) is 4.79 Å². The van der Waals surface area contributed by atoms with Crippen molar-refractivity contribution in [1.82, 2.24) is 10.1 Å². The fourth-order valence-corrected chi connectivity index (χ4v) is 1.34. The Morgan fingerprint density at radius 1 is 1.39 bits per heavy atom. The Labute approximate surface area is 104 Å². The second kappa shape index (κ2) is 5.92. The van der Waals surface area contributed by atoms with Gasteiger partial charge in [0.05, 0.1) is 6.20 Å². The zero-order valence-corrected chi connectivity index (χ0v) is 9.83. The third-order valence-electron chi connectivity index (χ3n) is 2.16. The Morgan fingerprint density at radius 3 is 2.94 bits per heavy atom. The first-order chi connectivity index (χ1) is 8.81. The third-order valence-corrected chi connectivity index (χ3v) is 2.16. The number of carbonyl (C=O) groups excluding carboxylic acids is 1. The lowest BCUT2D eigenvalue weighted by Crippen LogP contribution is -1.96. The van der Waals surface area contributed by atoms with Gasteiger partial charge in [0.25, 0.3) is 0 Å². The van der Waals surface area contributed by atoms with E-state index in [-0.39, 0.29) is 6.61 Å². The van der Waals surface area contributed by atoms with Gasteiger partial charge in [0.1, 0.15) is 30.4 Å². The van der Waals surface area contributed by atoms with Gasteiger partial charge in [0.2, 0.25) is 0 Å². The molecular formula is C12H12N2O4. The lowest BCUT2D eigenvalue weighted by molar-refractivity contribution is 0.111. The van der Waals surface area contributed by atoms with Crippen LogP contribution in [0.1, 0.15) is 21.9 Å². The lowest BCUT2D eigenvalue weighted by atomic mass is 10.3. The summed E-state index contributed by atoms with van der Waals surface area (Å²) in [4.78, 5) is 14.3. The van der Waals surface area contributed by atoms with Crippen LogP contribution in [0.15, 0.2) is 28.9 Å². The first-order valence-corrected chi connectivity index (χ1v) is 5.29. The van der Waals surface area contributed by atoms with Crippen LogP contribution in [0.5, 0.6) is 5.75 Å². The van der Waals surface area contributed by atoms with Crippen molar-refractivity contribution < 1.29 is 18.8 Å². The molecule has 0 aromatic carbocycles. The molecule has 0 bridgehead atoms. The Kier molecular flexibility index (Phi) is 4.03. The smallest absolute Gasteiger partial charge is 0.168 e. The largest absolute Gasteiger partial charge is 0.486 e. The monoisotopic (exact) mass is 248 g/mol. The highest BCUT2D eigenvalue weighted by molar-refractivity contribution is 5.71. The highest BCUT2D eigenvalue weighted by Gasteiger charge is 2.04. The highest BCUT2D eigenvalue weighted by Crippen LogP contribution is 2.12. The van der Waals surface area contributed by atoms with Gasteiger partial charge in [-0.3, -0.25) is 4.79 Å². The summed E-state index contributed by atoms with van der Waals surface area (Å²) in [5.74, 6) is 1.21. The molecule has 0 spiro atoms. The molecule has 0 unspecified atom stereocenters. The summed E-state index contributed by atoms with van der Waals surface area (Å²) in [5, 5.41) is 3.83. The highest BCUT2D eigenvalue weighted by atomic mass is 16.5. The number of pyridine rings is 1. The number of aromatic nitrogens is 2. The molecule has 0 atom stereocenters. The van der Waals surface area contributed by atoms with Crippen molar-refractivity contribution >= 4 is 6.29 Å². The Morgan fingerprint density at radius 2 is 2.28 bits per heavy atom. The van der Waals surface area contributed by atoms with Crippen LogP contribution in [0.2, 0.25) is 0 Å². The molecule has 0 aliphatic rings. The Hall–Kier alpha value is -2.21. The van der Waals surface area contributed by atoms with Crippen LogP contribution in [0.3, 0.4) is 0 Å². The van der Waals surface area contributed by atoms with Gasteiger partial charge in [-0.1, -0.05) is 5.16 Å². The molecule has 18 heavy (non-hydrogen) atoms. The first-order valence-electron chi connectivity index (χ1n) is 5.29. The van der Waals surface area contributed by atoms with E-state index in [4.69, 9.17) is 14.0 Å². The van der Waals surface area contributed by atoms with Crippen molar-refractivity contribution in [3.8, 4) is 5.75 Å². The summed E-state index contributed by atoms with van der Waals surface area (Å²) in [5.41, 5.74) is 1.03. The second-order valence-electron chi connectivity index (χ2n) is 3.54. The van der Waals surface area contributed by atoms with E-state index in [0.29, 0.717) is 35.8 Å². The van der Waals surface area contributed by atoms with Gasteiger partial charge >= 0.3 is 0 Å². The average Bonchev–Trinajstić information content (AvgIpc) is 2.85. The molecule has 0 fully saturated rings. The lowest BCUT2D eigenvalue weighted by Gasteiger charge is -2.02. The number of aldehydes is 1. The number of rotatable bonds is 6. The summed E-state index contributed by atoms with van der Waals surface area (Å²) in [6.45, 7) is 0.651. The SMILES string of the molecule is COCc1cc(COc2ccc(C=O)nc2)no1. The van der Waals surface area contributed by atoms with E-state index in [2.05, 4.69) is 10.1 Å². The van der Waals surface area contributed by atoms with Crippen molar-refractivity contribution in [1.29, 1.82) is 0 Å². The molecule has 6 heteroatoms. The summed E-state index contributed by atoms with van der Waals surface area (Å²) >= 11 is 0. The fraction of sp³-hybridized carbons (Fsp3) is 0.250. The van der Waals surface area contributed by atoms with Gasteiger partial charge in [-0.25, -0.2) is 4.98 Å². The molecule has 0 saturated heterocycles. The van der Waals surface area contributed by atoms with Crippen LogP contribution < -0.4 is 4.74 Å². The number of hydrogen-bond acceptors (Lipinski definition) is 6. The minimum Gasteiger partial charge on any atom is -0.486 e. The van der Waals surface area contributed by atoms with Crippen molar-refractivity contribution in [2.24, 2.45) is 0 Å². The number of hydrogen-bond donors (Lipinski definition) is 0. The summed E-state index contributed by atoms with van der Waals surface area (Å²) in [6.07, 6.45) is 2.16. The van der Waals surface area contributed by atoms with Gasteiger partial charge < -0.3 is 14.0 Å². The van der Waals surface area contributed by atoms with E-state index in [1.807, 2.05) is 0 Å². The molecule has 94 valence electrons. The van der Waals surface area contributed by atoms with Crippen molar-refractivity contribution in [2.45, 2.75) is 13.2 Å². The molecule has 0 N–H and O–H groups in total. The predicted octanol–water partition coefficient (Wildman–Crippen LogP) is 1.61. The molecule has 0 aliphatic carbocycles. The zero-order chi connectivity index (χ0) is 12.8. The Balaban J connectivity index is 1.91. The molecule has 0 radical (unpaired) electrons. The summed E-state index contributed by atoms with van der Waals surface area (Å²) < 4.78 is 15.4. The van der Waals surface area contributed by atoms with E-state index >= 15 is 0 Å². The van der Waals surface area contributed by atoms with E-state index in [1.165, 1.54) is 6.20 Å². The predicted molar refractivity (Wildman–Crippen MR) is 61.2 cm³/mol. The molecule has 0 amide bonds. The van der Waals surface area contributed by atoms with Gasteiger partial charge in [-0.2, -0.15) is 0 Å². The van der Waals surface area contributed by atoms with Crippen molar-refractivity contribution in [3.63, 3.8) is 0 Å². The molecule has 2 aromatic heterocycles. The normalized spacial score (nSPS) is 10.3. The first kappa shape index (κ1) is 12.3. The molecule has 2 heterocycles. The number of nitrogens with zero attached hydrogens (tertiary/aromatic N) is 2. The van der Waals surface area contributed by atoms with Crippen LogP contribution in [-0.4, -0.2) is 23.5 Å². The minimum absolute atomic E-state index is 0.273. The molecule has 0 aliphatic heterocycles. The molecule has 6 nitrogen and oxygen atoms in total.